The number of methoxy groups -OCH3 is 1. The van der Waals surface area contributed by atoms with E-state index in [1.165, 1.54) is 44.0 Å². The summed E-state index contributed by atoms with van der Waals surface area (Å²) in [6, 6.07) is -7.94. The van der Waals surface area contributed by atoms with Crippen LogP contribution in [0.4, 0.5) is 17.1 Å². The molecule has 1 aromatic heterocycles. The van der Waals surface area contributed by atoms with E-state index in [1.54, 1.807) is 27.0 Å². The van der Waals surface area contributed by atoms with Crippen LogP contribution in [0, 0.1) is 32.1 Å². The van der Waals surface area contributed by atoms with Gasteiger partial charge >= 0.3 is 23.5 Å². The van der Waals surface area contributed by atoms with Crippen LogP contribution in [0.1, 0.15) is 91.0 Å². The maximum absolute atomic E-state index is 14.5. The molecule has 0 saturated carbocycles. The van der Waals surface area contributed by atoms with E-state index in [0.717, 1.165) is 29.2 Å². The predicted octanol–water partition coefficient (Wildman–Crippen LogP) is -1.80. The zero-order chi connectivity index (χ0) is 76.2. The lowest BCUT2D eigenvalue weighted by Gasteiger charge is -2.33. The second-order valence-corrected chi connectivity index (χ2v) is 25.3. The van der Waals surface area contributed by atoms with Crippen molar-refractivity contribution >= 4 is 129 Å². The molecule has 0 radical (unpaired) electrons. The molecule has 1 aliphatic heterocycles. The highest BCUT2D eigenvalue weighted by Gasteiger charge is 2.42. The van der Waals surface area contributed by atoms with E-state index < -0.39 is 214 Å². The van der Waals surface area contributed by atoms with Crippen molar-refractivity contribution in [1.82, 2.24) is 52.8 Å². The number of aliphatic hydroxyl groups excluding tert-OH is 2. The van der Waals surface area contributed by atoms with Crippen molar-refractivity contribution in [2.75, 3.05) is 56.5 Å². The molecule has 1 fully saturated rings. The van der Waals surface area contributed by atoms with Gasteiger partial charge in [-0.25, -0.2) is 9.59 Å². The van der Waals surface area contributed by atoms with Crippen LogP contribution in [0.25, 0.3) is 11.0 Å². The number of nitrogens with zero attached hydrogens (tertiary/aromatic N) is 3. The number of nitro benzene ring substituents is 2. The fraction of sp³-hybridized carbons (Fsp3) is 0.548. The summed E-state index contributed by atoms with van der Waals surface area (Å²) < 4.78 is 10.4. The summed E-state index contributed by atoms with van der Waals surface area (Å²) in [5.74, 6) is -16.6. The number of anilines is 1. The van der Waals surface area contributed by atoms with Crippen LogP contribution in [0.3, 0.4) is 0 Å². The molecule has 102 heavy (non-hydrogen) atoms. The number of carboxylic acids is 3. The van der Waals surface area contributed by atoms with Crippen LogP contribution >= 0.6 is 24.4 Å². The Balaban J connectivity index is 1.39. The number of thiol groups is 1. The number of unbranched alkanes of at least 4 members (excludes halogenated alkanes) is 1. The Morgan fingerprint density at radius 2 is 1.24 bits per heavy atom. The number of likely N-dealkylation sites (tertiary alicyclic amines) is 1. The summed E-state index contributed by atoms with van der Waals surface area (Å²) >= 11 is 5.43. The molecule has 3 aromatic rings. The van der Waals surface area contributed by atoms with Crippen molar-refractivity contribution in [1.29, 1.82) is 0 Å². The highest BCUT2D eigenvalue weighted by molar-refractivity contribution is 7.98. The molecule has 0 aliphatic carbocycles. The minimum atomic E-state index is -2.00. The largest absolute Gasteiger partial charge is 0.497 e. The highest BCUT2D eigenvalue weighted by Crippen LogP contribution is 2.30. The molecule has 4 rings (SSSR count). The number of rotatable bonds is 43. The molecular formula is C62H85N13O25S2. The fourth-order valence-electron chi connectivity index (χ4n) is 10.5. The zero-order valence-electron chi connectivity index (χ0n) is 56.4. The SMILES string of the molecule is CC[C@H](C)[C@H](NC(=O)[C@H](CC(=O)O)NC(=O)[C@H](CC(=O)O)NC(=O)Cc1cc(=O)oc2cc(OC)ccc12)C(=O)N[C@H](C(=O)N1CCC[C@H]1C(=O)N[C@@H](CS)C(=O)N[C@@H](CO)C(=O)N[C@@H](CCSC)C(=O)N[C@@H](CO)C(=O)N[C@@H](CCCCNc1ccc([N+](=O)[O-])cc1[N+](=O)[O-])C(=O)O)C(C)C. The van der Waals surface area contributed by atoms with E-state index in [9.17, 15) is 113 Å². The monoisotopic (exact) mass is 1480 g/mol. The number of thioether (sulfide) groups is 1. The van der Waals surface area contributed by atoms with Gasteiger partial charge in [-0.1, -0.05) is 34.1 Å². The number of hydrogen-bond acceptors (Lipinski definition) is 25. The number of carboxylic acid groups (broad SMARTS) is 3. The van der Waals surface area contributed by atoms with Crippen molar-refractivity contribution < 1.29 is 107 Å². The molecule has 1 aliphatic rings. The number of non-ortho nitro benzene ring substituents is 1. The summed E-state index contributed by atoms with van der Waals surface area (Å²) in [6.45, 7) is 4.18. The van der Waals surface area contributed by atoms with Crippen LogP contribution in [-0.4, -0.2) is 229 Å². The standard InChI is InChI=1S/C62H85N13O25S2/c1-7-31(4)52(72-55(86)40(26-49(81)82)67-54(85)39(25-48(79)80)64-47(78)21-32-22-50(83)100-46-24-34(99-5)14-15-35(32)46)60(91)71-51(30(2)3)61(92)73-19-10-12-44(73)59(90)70-43(29-101)58(89)69-41(27-76)56(87)65-37(17-20-102-6)53(84)68-42(28-77)57(88)66-38(62(93)94)11-8-9-18-63-36-16-13-33(74(95)96)23-45(36)75(97)98/h13-16,22-24,30-31,37-44,51-52,63,76-77,101H,7-12,17-21,25-29H2,1-6H3,(H,64,78)(H,65,87)(H,66,88)(H,67,85)(H,68,84)(H,69,89)(H,70,90)(H,71,91)(H,72,86)(H,79,80)(H,81,82)(H,93,94)/t31-,37-,38-,39-,40-,41-,42-,43-,44-,51-,52-/m0/s1. The van der Waals surface area contributed by atoms with Crippen LogP contribution in [0.5, 0.6) is 5.75 Å². The molecule has 560 valence electrons. The average molecular weight is 1480 g/mol. The third kappa shape index (κ3) is 25.1. The lowest BCUT2D eigenvalue weighted by Crippen LogP contribution is -2.62. The van der Waals surface area contributed by atoms with Crippen molar-refractivity contribution in [3.8, 4) is 5.75 Å². The topological polar surface area (TPSA) is 572 Å². The number of nitrogens with one attached hydrogen (secondary N) is 10. The molecule has 2 heterocycles. The van der Waals surface area contributed by atoms with Crippen molar-refractivity contribution in [3.63, 3.8) is 0 Å². The van der Waals surface area contributed by atoms with Crippen LogP contribution in [-0.2, 0) is 68.7 Å². The predicted molar refractivity (Wildman–Crippen MR) is 364 cm³/mol. The molecule has 0 unspecified atom stereocenters. The minimum absolute atomic E-state index is 0.0346. The van der Waals surface area contributed by atoms with E-state index in [0.29, 0.717) is 11.1 Å². The molecule has 2 aromatic carbocycles. The normalized spacial score (nSPS) is 15.5. The van der Waals surface area contributed by atoms with Gasteiger partial charge < -0.3 is 92.8 Å². The van der Waals surface area contributed by atoms with Gasteiger partial charge in [0.1, 0.15) is 77.4 Å². The van der Waals surface area contributed by atoms with E-state index in [4.69, 9.17) is 9.15 Å². The third-order valence-corrected chi connectivity index (χ3v) is 17.2. The zero-order valence-corrected chi connectivity index (χ0v) is 58.1. The number of carbonyl (C=O) groups is 13. The number of benzene rings is 2. The molecule has 0 spiro atoms. The van der Waals surface area contributed by atoms with Crippen LogP contribution < -0.4 is 63.5 Å². The molecule has 1 saturated heterocycles. The summed E-state index contributed by atoms with van der Waals surface area (Å²) in [4.78, 5) is 209. The Bertz CT molecular complexity index is 3640. The van der Waals surface area contributed by atoms with E-state index in [-0.39, 0.29) is 80.6 Å². The van der Waals surface area contributed by atoms with E-state index in [1.807, 2.05) is 0 Å². The van der Waals surface area contributed by atoms with Gasteiger partial charge in [-0.15, -0.1) is 0 Å². The Morgan fingerprint density at radius 3 is 1.78 bits per heavy atom. The quantitative estimate of drug-likeness (QED) is 0.00977. The van der Waals surface area contributed by atoms with Gasteiger partial charge in [0.15, 0.2) is 0 Å². The smallest absolute Gasteiger partial charge is 0.336 e. The lowest BCUT2D eigenvalue weighted by molar-refractivity contribution is -0.393. The number of nitro groups is 2. The number of aliphatic carboxylic acids is 3. The maximum atomic E-state index is 14.5. The fourth-order valence-corrected chi connectivity index (χ4v) is 11.2. The summed E-state index contributed by atoms with van der Waals surface area (Å²) in [5, 5.41) is 96.6. The molecular weight excluding hydrogens is 1390 g/mol. The van der Waals surface area contributed by atoms with Crippen molar-refractivity contribution in [3.05, 3.63) is 78.7 Å². The van der Waals surface area contributed by atoms with Gasteiger partial charge in [0.05, 0.1) is 55.5 Å². The number of carbonyl (C=O) groups excluding carboxylic acids is 10. The third-order valence-electron chi connectivity index (χ3n) is 16.2. The van der Waals surface area contributed by atoms with Crippen molar-refractivity contribution in [2.45, 2.75) is 152 Å². The number of amides is 10. The summed E-state index contributed by atoms with van der Waals surface area (Å²) in [6.07, 6.45) is -0.635. The molecule has 15 N–H and O–H groups in total. The number of ether oxygens (including phenoxy) is 1. The second kappa shape index (κ2) is 40.9. The first-order valence-corrected chi connectivity index (χ1v) is 34.0. The van der Waals surface area contributed by atoms with Crippen LogP contribution in [0.2, 0.25) is 0 Å². The number of aliphatic hydroxyl groups is 2. The Hall–Kier alpha value is -10.2. The van der Waals surface area contributed by atoms with Gasteiger partial charge in [-0.3, -0.25) is 77.8 Å². The maximum Gasteiger partial charge on any atom is 0.336 e. The highest BCUT2D eigenvalue weighted by atomic mass is 32.2. The van der Waals surface area contributed by atoms with Gasteiger partial charge in [0.25, 0.3) is 11.4 Å². The molecule has 10 amide bonds. The second-order valence-electron chi connectivity index (χ2n) is 23.9. The Kier molecular flexibility index (Phi) is 33.7. The molecule has 40 heteroatoms. The van der Waals surface area contributed by atoms with Gasteiger partial charge in [0, 0.05) is 42.4 Å². The lowest BCUT2D eigenvalue weighted by atomic mass is 9.95. The first-order chi connectivity index (χ1) is 48.2. The van der Waals surface area contributed by atoms with Gasteiger partial charge in [0.2, 0.25) is 59.1 Å². The van der Waals surface area contributed by atoms with E-state index >= 15 is 0 Å². The summed E-state index contributed by atoms with van der Waals surface area (Å²) in [5.41, 5.74) is -1.79. The minimum Gasteiger partial charge on any atom is -0.497 e. The van der Waals surface area contributed by atoms with E-state index in [2.05, 4.69) is 65.8 Å². The molecule has 38 nitrogen and oxygen atoms in total. The molecule has 11 atom stereocenters. The average Bonchev–Trinajstić information content (AvgIpc) is 1.14. The van der Waals surface area contributed by atoms with Gasteiger partial charge in [-0.2, -0.15) is 24.4 Å². The van der Waals surface area contributed by atoms with Gasteiger partial charge in [-0.05, 0) is 86.1 Å². The van der Waals surface area contributed by atoms with Crippen LogP contribution in [0.15, 0.2) is 51.7 Å². The first kappa shape index (κ1) is 84.2. The number of fused-ring (bicyclic) bond motifs is 1. The Labute approximate surface area is 591 Å². The van der Waals surface area contributed by atoms with Crippen molar-refractivity contribution in [2.24, 2.45) is 11.8 Å². The first-order valence-electron chi connectivity index (χ1n) is 32.0. The summed E-state index contributed by atoms with van der Waals surface area (Å²) in [7, 11) is 1.37. The Morgan fingerprint density at radius 1 is 0.676 bits per heavy atom. The molecule has 0 bridgehead atoms. The number of hydrogen-bond donors (Lipinski definition) is 16.